The van der Waals surface area contributed by atoms with Crippen LogP contribution in [-0.4, -0.2) is 22.5 Å². The van der Waals surface area contributed by atoms with Gasteiger partial charge in [-0.15, -0.1) is 0 Å². The Kier molecular flexibility index (Phi) is 1.86. The molecule has 0 saturated heterocycles. The quantitative estimate of drug-likeness (QED) is 0.490. The fourth-order valence-corrected chi connectivity index (χ4v) is 0.585. The molecule has 0 aromatic carbocycles. The SMILES string of the molecule is NC(=O)c1cc(NC=O)[nH]n1. The predicted molar refractivity (Wildman–Crippen MR) is 36.8 cm³/mol. The average molecular weight is 154 g/mol. The zero-order chi connectivity index (χ0) is 8.27. The molecule has 11 heavy (non-hydrogen) atoms. The minimum atomic E-state index is -0.639. The maximum atomic E-state index is 10.4. The topological polar surface area (TPSA) is 101 Å². The van der Waals surface area contributed by atoms with E-state index in [4.69, 9.17) is 5.73 Å². The lowest BCUT2D eigenvalue weighted by atomic mass is 10.4. The van der Waals surface area contributed by atoms with E-state index in [2.05, 4.69) is 15.5 Å². The van der Waals surface area contributed by atoms with Gasteiger partial charge in [0.05, 0.1) is 0 Å². The number of aromatic amines is 1. The number of rotatable bonds is 3. The number of nitrogens with zero attached hydrogens (tertiary/aromatic N) is 1. The molecule has 0 aliphatic heterocycles. The van der Waals surface area contributed by atoms with Gasteiger partial charge in [-0.05, 0) is 0 Å². The van der Waals surface area contributed by atoms with E-state index in [1.807, 2.05) is 0 Å². The first-order valence-corrected chi connectivity index (χ1v) is 2.79. The van der Waals surface area contributed by atoms with Gasteiger partial charge in [-0.3, -0.25) is 14.7 Å². The van der Waals surface area contributed by atoms with E-state index in [-0.39, 0.29) is 5.69 Å². The molecular formula is C5H6N4O2. The van der Waals surface area contributed by atoms with Crippen LogP contribution in [0.25, 0.3) is 0 Å². The number of hydrogen-bond donors (Lipinski definition) is 3. The highest BCUT2D eigenvalue weighted by molar-refractivity contribution is 5.91. The van der Waals surface area contributed by atoms with Crippen molar-refractivity contribution in [3.8, 4) is 0 Å². The van der Waals surface area contributed by atoms with Crippen LogP contribution in [0.15, 0.2) is 6.07 Å². The molecule has 6 heteroatoms. The normalized spacial score (nSPS) is 9.09. The van der Waals surface area contributed by atoms with E-state index in [1.165, 1.54) is 6.07 Å². The molecule has 0 aliphatic carbocycles. The number of carbonyl (C=O) groups is 2. The average Bonchev–Trinajstić information content (AvgIpc) is 2.37. The molecule has 1 aromatic heterocycles. The van der Waals surface area contributed by atoms with Crippen molar-refractivity contribution < 1.29 is 9.59 Å². The predicted octanol–water partition coefficient (Wildman–Crippen LogP) is -0.923. The van der Waals surface area contributed by atoms with Crippen LogP contribution in [0.5, 0.6) is 0 Å². The van der Waals surface area contributed by atoms with Crippen molar-refractivity contribution in [3.63, 3.8) is 0 Å². The summed E-state index contributed by atoms with van der Waals surface area (Å²) in [5.41, 5.74) is 4.98. The minimum absolute atomic E-state index is 0.0920. The highest BCUT2D eigenvalue weighted by Crippen LogP contribution is 2.02. The summed E-state index contributed by atoms with van der Waals surface area (Å²) in [5.74, 6) is -0.297. The molecule has 6 nitrogen and oxygen atoms in total. The number of nitrogens with one attached hydrogen (secondary N) is 2. The van der Waals surface area contributed by atoms with Crippen LogP contribution in [0.4, 0.5) is 5.82 Å². The van der Waals surface area contributed by atoms with Crippen LogP contribution in [0.3, 0.4) is 0 Å². The summed E-state index contributed by atoms with van der Waals surface area (Å²) in [7, 11) is 0. The van der Waals surface area contributed by atoms with Crippen molar-refractivity contribution in [2.75, 3.05) is 5.32 Å². The van der Waals surface area contributed by atoms with Crippen LogP contribution >= 0.6 is 0 Å². The zero-order valence-electron chi connectivity index (χ0n) is 5.50. The molecule has 0 radical (unpaired) electrons. The number of aromatic nitrogens is 2. The second kappa shape index (κ2) is 2.82. The Balaban J connectivity index is 2.81. The van der Waals surface area contributed by atoms with Crippen LogP contribution in [0.2, 0.25) is 0 Å². The van der Waals surface area contributed by atoms with Gasteiger partial charge >= 0.3 is 0 Å². The van der Waals surface area contributed by atoms with E-state index in [0.29, 0.717) is 12.2 Å². The standard InChI is InChI=1S/C5H6N4O2/c6-5(11)3-1-4(7-2-10)9-8-3/h1-2H,(H2,6,11)(H2,7,8,9,10). The summed E-state index contributed by atoms with van der Waals surface area (Å²) >= 11 is 0. The lowest BCUT2D eigenvalue weighted by Gasteiger charge is -1.85. The molecule has 0 atom stereocenters. The second-order valence-corrected chi connectivity index (χ2v) is 1.79. The molecule has 0 unspecified atom stereocenters. The van der Waals surface area contributed by atoms with Crippen LogP contribution in [0, 0.1) is 0 Å². The van der Waals surface area contributed by atoms with Gasteiger partial charge in [-0.1, -0.05) is 0 Å². The first-order valence-electron chi connectivity index (χ1n) is 2.79. The Labute approximate surface area is 61.8 Å². The minimum Gasteiger partial charge on any atom is -0.364 e. The number of anilines is 1. The van der Waals surface area contributed by atoms with Crippen molar-refractivity contribution in [1.29, 1.82) is 0 Å². The number of carbonyl (C=O) groups excluding carboxylic acids is 2. The molecule has 0 aliphatic rings. The summed E-state index contributed by atoms with van der Waals surface area (Å²) in [4.78, 5) is 20.3. The molecule has 0 fully saturated rings. The van der Waals surface area contributed by atoms with Crippen molar-refractivity contribution in [2.24, 2.45) is 5.73 Å². The summed E-state index contributed by atoms with van der Waals surface area (Å²) in [6.07, 6.45) is 0.471. The number of hydrogen-bond acceptors (Lipinski definition) is 3. The second-order valence-electron chi connectivity index (χ2n) is 1.79. The highest BCUT2D eigenvalue weighted by atomic mass is 16.1. The lowest BCUT2D eigenvalue weighted by Crippen LogP contribution is -2.10. The van der Waals surface area contributed by atoms with E-state index >= 15 is 0 Å². The van der Waals surface area contributed by atoms with E-state index < -0.39 is 5.91 Å². The van der Waals surface area contributed by atoms with Gasteiger partial charge < -0.3 is 11.1 Å². The maximum absolute atomic E-state index is 10.4. The molecule has 2 amide bonds. The Morgan fingerprint density at radius 1 is 1.82 bits per heavy atom. The summed E-state index contributed by atoms with van der Waals surface area (Å²) in [6, 6.07) is 1.34. The number of nitrogens with two attached hydrogens (primary N) is 1. The van der Waals surface area contributed by atoms with Gasteiger partial charge in [0.2, 0.25) is 6.41 Å². The number of H-pyrrole nitrogens is 1. The monoisotopic (exact) mass is 154 g/mol. The van der Waals surface area contributed by atoms with Crippen molar-refractivity contribution >= 4 is 18.1 Å². The maximum Gasteiger partial charge on any atom is 0.269 e. The van der Waals surface area contributed by atoms with E-state index in [1.54, 1.807) is 0 Å². The van der Waals surface area contributed by atoms with Gasteiger partial charge in [0.1, 0.15) is 5.82 Å². The van der Waals surface area contributed by atoms with Gasteiger partial charge in [0, 0.05) is 6.07 Å². The summed E-state index contributed by atoms with van der Waals surface area (Å²) in [6.45, 7) is 0. The van der Waals surface area contributed by atoms with Gasteiger partial charge in [0.15, 0.2) is 5.69 Å². The van der Waals surface area contributed by atoms with Gasteiger partial charge in [0.25, 0.3) is 5.91 Å². The molecule has 0 saturated carbocycles. The molecule has 4 N–H and O–H groups in total. The van der Waals surface area contributed by atoms with Gasteiger partial charge in [-0.25, -0.2) is 0 Å². The van der Waals surface area contributed by atoms with Crippen molar-refractivity contribution in [1.82, 2.24) is 10.2 Å². The van der Waals surface area contributed by atoms with E-state index in [0.717, 1.165) is 0 Å². The molecule has 1 rings (SSSR count). The fourth-order valence-electron chi connectivity index (χ4n) is 0.585. The fraction of sp³-hybridized carbons (Fsp3) is 0. The molecule has 0 spiro atoms. The van der Waals surface area contributed by atoms with Crippen LogP contribution in [0.1, 0.15) is 10.5 Å². The third-order valence-electron chi connectivity index (χ3n) is 1.04. The highest BCUT2D eigenvalue weighted by Gasteiger charge is 2.04. The van der Waals surface area contributed by atoms with Crippen LogP contribution in [-0.2, 0) is 4.79 Å². The Bertz CT molecular complexity index is 280. The Hall–Kier alpha value is -1.85. The third-order valence-corrected chi connectivity index (χ3v) is 1.04. The summed E-state index contributed by atoms with van der Waals surface area (Å²) < 4.78 is 0. The first-order chi connectivity index (χ1) is 5.24. The van der Waals surface area contributed by atoms with E-state index in [9.17, 15) is 9.59 Å². The molecule has 1 heterocycles. The molecular weight excluding hydrogens is 148 g/mol. The lowest BCUT2D eigenvalue weighted by molar-refractivity contribution is -0.105. The molecule has 1 aromatic rings. The third kappa shape index (κ3) is 1.54. The van der Waals surface area contributed by atoms with Gasteiger partial charge in [-0.2, -0.15) is 5.10 Å². The van der Waals surface area contributed by atoms with Crippen LogP contribution < -0.4 is 11.1 Å². The Morgan fingerprint density at radius 2 is 2.55 bits per heavy atom. The molecule has 58 valence electrons. The number of primary amides is 1. The first kappa shape index (κ1) is 7.26. The number of amides is 2. The zero-order valence-corrected chi connectivity index (χ0v) is 5.50. The Morgan fingerprint density at radius 3 is 3.00 bits per heavy atom. The van der Waals surface area contributed by atoms with Crippen molar-refractivity contribution in [2.45, 2.75) is 0 Å². The molecule has 0 bridgehead atoms. The van der Waals surface area contributed by atoms with Crippen molar-refractivity contribution in [3.05, 3.63) is 11.8 Å². The summed E-state index contributed by atoms with van der Waals surface area (Å²) in [5, 5.41) is 8.18. The smallest absolute Gasteiger partial charge is 0.269 e. The largest absolute Gasteiger partial charge is 0.364 e.